The van der Waals surface area contributed by atoms with Gasteiger partial charge in [0.25, 0.3) is 5.91 Å². The molecule has 0 aliphatic carbocycles. The molecule has 11 heteroatoms. The molecule has 2 N–H and O–H groups in total. The lowest BCUT2D eigenvalue weighted by atomic mass is 10.2. The molecule has 38 heavy (non-hydrogen) atoms. The zero-order valence-corrected chi connectivity index (χ0v) is 22.4. The van der Waals surface area contributed by atoms with Gasteiger partial charge in [0.15, 0.2) is 24.7 Å². The van der Waals surface area contributed by atoms with Crippen LogP contribution in [0.1, 0.15) is 57.5 Å². The Hall–Kier alpha value is -4.28. The Balaban J connectivity index is 2.05. The molecule has 0 saturated heterocycles. The number of hydrogen-bond donors (Lipinski definition) is 2. The van der Waals surface area contributed by atoms with Crippen LogP contribution >= 0.6 is 0 Å². The fraction of sp³-hybridized carbons (Fsp3) is 0.407. The first kappa shape index (κ1) is 29.9. The molecule has 206 valence electrons. The molecule has 0 bridgehead atoms. The lowest BCUT2D eigenvalue weighted by molar-refractivity contribution is -0.158. The summed E-state index contributed by atoms with van der Waals surface area (Å²) in [7, 11) is 0. The van der Waals surface area contributed by atoms with Gasteiger partial charge in [-0.15, -0.1) is 0 Å². The number of hydrogen-bond acceptors (Lipinski definition) is 9. The molecule has 2 amide bonds. The highest BCUT2D eigenvalue weighted by molar-refractivity contribution is 5.95. The molecule has 0 saturated carbocycles. The average Bonchev–Trinajstić information content (AvgIpc) is 2.82. The minimum Gasteiger partial charge on any atom is -0.478 e. The van der Waals surface area contributed by atoms with E-state index < -0.39 is 48.4 Å². The van der Waals surface area contributed by atoms with E-state index in [1.165, 1.54) is 18.2 Å². The third kappa shape index (κ3) is 11.6. The normalized spacial score (nSPS) is 11.1. The van der Waals surface area contributed by atoms with E-state index in [9.17, 15) is 19.2 Å². The zero-order chi connectivity index (χ0) is 28.3. The first-order valence-electron chi connectivity index (χ1n) is 11.8. The fourth-order valence-corrected chi connectivity index (χ4v) is 2.84. The number of benzene rings is 2. The Bertz CT molecular complexity index is 1120. The number of rotatable bonds is 9. The van der Waals surface area contributed by atoms with E-state index in [2.05, 4.69) is 10.9 Å². The number of esters is 2. The maximum absolute atomic E-state index is 12.6. The second-order valence-corrected chi connectivity index (χ2v) is 10.1. The van der Waals surface area contributed by atoms with E-state index in [0.29, 0.717) is 0 Å². The van der Waals surface area contributed by atoms with Crippen LogP contribution in [-0.4, -0.2) is 48.4 Å². The molecule has 11 nitrogen and oxygen atoms in total. The van der Waals surface area contributed by atoms with Gasteiger partial charge < -0.3 is 23.7 Å². The summed E-state index contributed by atoms with van der Waals surface area (Å²) in [6, 6.07) is 13.1. The van der Waals surface area contributed by atoms with Crippen molar-refractivity contribution in [1.82, 2.24) is 10.9 Å². The molecule has 2 aromatic rings. The Morgan fingerprint density at radius 1 is 0.711 bits per heavy atom. The van der Waals surface area contributed by atoms with Gasteiger partial charge in [0, 0.05) is 5.56 Å². The van der Waals surface area contributed by atoms with E-state index >= 15 is 0 Å². The molecule has 0 heterocycles. The lowest BCUT2D eigenvalue weighted by Gasteiger charge is -2.21. The number of carbonyl (C=O) groups excluding carboxylic acids is 4. The van der Waals surface area contributed by atoms with Crippen LogP contribution in [0.25, 0.3) is 0 Å². The van der Waals surface area contributed by atoms with Crippen LogP contribution in [0.15, 0.2) is 48.5 Å². The van der Waals surface area contributed by atoms with Crippen molar-refractivity contribution in [1.29, 1.82) is 0 Å². The maximum atomic E-state index is 12.6. The second kappa shape index (κ2) is 13.3. The molecule has 2 rings (SSSR count). The van der Waals surface area contributed by atoms with Gasteiger partial charge in [-0.2, -0.15) is 0 Å². The number of amides is 2. The smallest absolute Gasteiger partial charge is 0.426 e. The van der Waals surface area contributed by atoms with Crippen LogP contribution < -0.4 is 20.3 Å². The van der Waals surface area contributed by atoms with Crippen molar-refractivity contribution in [3.8, 4) is 11.5 Å². The number of ether oxygens (including phenoxy) is 5. The molecule has 0 unspecified atom stereocenters. The van der Waals surface area contributed by atoms with Crippen LogP contribution in [0, 0.1) is 0 Å². The van der Waals surface area contributed by atoms with Gasteiger partial charge in [-0.3, -0.25) is 10.2 Å². The fourth-order valence-electron chi connectivity index (χ4n) is 2.84. The average molecular weight is 531 g/mol. The van der Waals surface area contributed by atoms with Gasteiger partial charge in [-0.05, 0) is 65.3 Å². The summed E-state index contributed by atoms with van der Waals surface area (Å²) in [5.74, 6) is -1.86. The summed E-state index contributed by atoms with van der Waals surface area (Å²) >= 11 is 0. The summed E-state index contributed by atoms with van der Waals surface area (Å²) in [6.07, 6.45) is -0.860. The van der Waals surface area contributed by atoms with Crippen molar-refractivity contribution < 1.29 is 42.9 Å². The van der Waals surface area contributed by atoms with Crippen molar-refractivity contribution in [3.05, 3.63) is 59.7 Å². The first-order chi connectivity index (χ1) is 17.7. The van der Waals surface area contributed by atoms with Crippen LogP contribution in [-0.2, 0) is 30.4 Å². The highest BCUT2D eigenvalue weighted by Crippen LogP contribution is 2.29. The predicted octanol–water partition coefficient (Wildman–Crippen LogP) is 3.70. The largest absolute Gasteiger partial charge is 0.478 e. The van der Waals surface area contributed by atoms with E-state index in [1.54, 1.807) is 53.7 Å². The molecule has 0 spiro atoms. The summed E-state index contributed by atoms with van der Waals surface area (Å²) in [5.41, 5.74) is 3.81. The monoisotopic (exact) mass is 530 g/mol. The number of nitrogens with one attached hydrogen (secondary N) is 2. The Morgan fingerprint density at radius 3 is 1.82 bits per heavy atom. The molecule has 0 fully saturated rings. The summed E-state index contributed by atoms with van der Waals surface area (Å²) < 4.78 is 26.5. The molecule has 0 atom stereocenters. The van der Waals surface area contributed by atoms with Crippen LogP contribution in [0.3, 0.4) is 0 Å². The van der Waals surface area contributed by atoms with E-state index in [-0.39, 0.29) is 23.7 Å². The molecule has 0 aliphatic heterocycles. The van der Waals surface area contributed by atoms with Crippen LogP contribution in [0.5, 0.6) is 11.5 Å². The third-order valence-electron chi connectivity index (χ3n) is 4.23. The predicted molar refractivity (Wildman–Crippen MR) is 136 cm³/mol. The Labute approximate surface area is 221 Å². The molecule has 2 aromatic carbocycles. The minimum absolute atomic E-state index is 0.00118. The molecular formula is C27H34N2O9. The molecule has 0 aromatic heterocycles. The maximum Gasteiger partial charge on any atom is 0.426 e. The summed E-state index contributed by atoms with van der Waals surface area (Å²) in [4.78, 5) is 48.7. The van der Waals surface area contributed by atoms with E-state index in [4.69, 9.17) is 23.7 Å². The number of carbonyl (C=O) groups is 4. The van der Waals surface area contributed by atoms with Gasteiger partial charge >= 0.3 is 18.0 Å². The van der Waals surface area contributed by atoms with Crippen molar-refractivity contribution >= 4 is 23.9 Å². The number of hydrazine groups is 1. The summed E-state index contributed by atoms with van der Waals surface area (Å²) in [6.45, 7) is 9.41. The SMILES string of the molecule is CC(C)(C)OC(=O)COc1ccc(C(=O)NNC(=O)OCc2ccccc2)cc1OCC(=O)OC(C)(C)C. The van der Waals surface area contributed by atoms with Crippen LogP contribution in [0.2, 0.25) is 0 Å². The zero-order valence-electron chi connectivity index (χ0n) is 22.4. The highest BCUT2D eigenvalue weighted by atomic mass is 16.6. The molecular weight excluding hydrogens is 496 g/mol. The van der Waals surface area contributed by atoms with Gasteiger partial charge in [-0.1, -0.05) is 30.3 Å². The lowest BCUT2D eigenvalue weighted by Crippen LogP contribution is -2.41. The standard InChI is InChI=1S/C27H34N2O9/c1-26(2,3)37-22(30)16-34-20-13-12-19(14-21(20)35-17-23(31)38-27(4,5)6)24(32)28-29-25(33)36-15-18-10-8-7-9-11-18/h7-14H,15-17H2,1-6H3,(H,28,32)(H,29,33). The van der Waals surface area contributed by atoms with Crippen molar-refractivity contribution in [2.24, 2.45) is 0 Å². The van der Waals surface area contributed by atoms with Gasteiger partial charge in [0.1, 0.15) is 17.8 Å². The van der Waals surface area contributed by atoms with Gasteiger partial charge in [-0.25, -0.2) is 19.8 Å². The van der Waals surface area contributed by atoms with Crippen molar-refractivity contribution in [2.45, 2.75) is 59.4 Å². The Kier molecular flexibility index (Phi) is 10.5. The Morgan fingerprint density at radius 2 is 1.26 bits per heavy atom. The quantitative estimate of drug-likeness (QED) is 0.282. The van der Waals surface area contributed by atoms with E-state index in [0.717, 1.165) is 5.56 Å². The minimum atomic E-state index is -0.860. The molecule has 0 aliphatic rings. The van der Waals surface area contributed by atoms with E-state index in [1.807, 2.05) is 18.2 Å². The highest BCUT2D eigenvalue weighted by Gasteiger charge is 2.20. The van der Waals surface area contributed by atoms with Gasteiger partial charge in [0.2, 0.25) is 0 Å². The molecule has 0 radical (unpaired) electrons. The second-order valence-electron chi connectivity index (χ2n) is 10.1. The van der Waals surface area contributed by atoms with Crippen molar-refractivity contribution in [2.75, 3.05) is 13.2 Å². The van der Waals surface area contributed by atoms with Gasteiger partial charge in [0.05, 0.1) is 0 Å². The van der Waals surface area contributed by atoms with Crippen LogP contribution in [0.4, 0.5) is 4.79 Å². The third-order valence-corrected chi connectivity index (χ3v) is 4.23. The topological polar surface area (TPSA) is 138 Å². The van der Waals surface area contributed by atoms with Crippen molar-refractivity contribution in [3.63, 3.8) is 0 Å². The first-order valence-corrected chi connectivity index (χ1v) is 11.8. The summed E-state index contributed by atoms with van der Waals surface area (Å²) in [5, 5.41) is 0.